The molecule has 21 heavy (non-hydrogen) atoms. The van der Waals surface area contributed by atoms with Crippen molar-refractivity contribution in [1.82, 2.24) is 15.2 Å². The Morgan fingerprint density at radius 2 is 2.10 bits per heavy atom. The van der Waals surface area contributed by atoms with Crippen molar-refractivity contribution in [3.63, 3.8) is 0 Å². The van der Waals surface area contributed by atoms with Crippen LogP contribution in [-0.4, -0.2) is 27.6 Å². The van der Waals surface area contributed by atoms with Gasteiger partial charge in [0, 0.05) is 23.2 Å². The minimum atomic E-state index is -0.209. The lowest BCUT2D eigenvalue weighted by molar-refractivity contribution is 0.102. The number of amides is 1. The maximum absolute atomic E-state index is 12.3. The fourth-order valence-corrected chi connectivity index (χ4v) is 2.15. The Hall–Kier alpha value is -2.02. The van der Waals surface area contributed by atoms with Crippen LogP contribution in [0.4, 0.5) is 10.9 Å². The first-order chi connectivity index (χ1) is 9.90. The van der Waals surface area contributed by atoms with E-state index in [1.54, 1.807) is 11.6 Å². The molecule has 0 aliphatic carbocycles. The molecule has 0 bridgehead atoms. The Kier molecular flexibility index (Phi) is 4.52. The lowest BCUT2D eigenvalue weighted by atomic mass is 9.90. The molecule has 0 fully saturated rings. The van der Waals surface area contributed by atoms with Gasteiger partial charge in [-0.1, -0.05) is 32.1 Å². The van der Waals surface area contributed by atoms with Gasteiger partial charge in [-0.05, 0) is 19.1 Å². The number of carbonyl (C=O) groups is 1. The number of hydrogen-bond acceptors (Lipinski definition) is 6. The zero-order valence-corrected chi connectivity index (χ0v) is 13.4. The van der Waals surface area contributed by atoms with Crippen LogP contribution in [-0.2, 0) is 5.41 Å². The second kappa shape index (κ2) is 6.17. The van der Waals surface area contributed by atoms with Gasteiger partial charge >= 0.3 is 0 Å². The van der Waals surface area contributed by atoms with Crippen molar-refractivity contribution in [1.29, 1.82) is 0 Å². The number of nitrogens with one attached hydrogen (secondary N) is 2. The third kappa shape index (κ3) is 3.98. The molecule has 0 spiro atoms. The number of aromatic nitrogens is 3. The normalized spacial score (nSPS) is 11.2. The van der Waals surface area contributed by atoms with Gasteiger partial charge in [0.25, 0.3) is 5.91 Å². The van der Waals surface area contributed by atoms with Crippen molar-refractivity contribution in [2.24, 2.45) is 0 Å². The van der Waals surface area contributed by atoms with E-state index in [0.29, 0.717) is 16.5 Å². The molecule has 0 atom stereocenters. The van der Waals surface area contributed by atoms with Crippen LogP contribution < -0.4 is 10.6 Å². The molecule has 112 valence electrons. The molecule has 0 radical (unpaired) electrons. The Morgan fingerprint density at radius 1 is 1.33 bits per heavy atom. The summed E-state index contributed by atoms with van der Waals surface area (Å²) < 4.78 is 0. The maximum atomic E-state index is 12.3. The summed E-state index contributed by atoms with van der Waals surface area (Å²) in [6.07, 6.45) is 0. The van der Waals surface area contributed by atoms with E-state index >= 15 is 0 Å². The van der Waals surface area contributed by atoms with Crippen molar-refractivity contribution >= 4 is 28.2 Å². The second-order valence-corrected chi connectivity index (χ2v) is 6.44. The van der Waals surface area contributed by atoms with Crippen LogP contribution in [0.25, 0.3) is 0 Å². The fraction of sp³-hybridized carbons (Fsp3) is 0.429. The molecule has 2 heterocycles. The van der Waals surface area contributed by atoms with E-state index in [0.717, 1.165) is 12.2 Å². The Morgan fingerprint density at radius 3 is 2.67 bits per heavy atom. The van der Waals surface area contributed by atoms with Gasteiger partial charge in [0.2, 0.25) is 5.13 Å². The summed E-state index contributed by atoms with van der Waals surface area (Å²) in [6, 6.07) is 3.56. The molecule has 2 aromatic heterocycles. The summed E-state index contributed by atoms with van der Waals surface area (Å²) in [6.45, 7) is 8.94. The van der Waals surface area contributed by atoms with Crippen LogP contribution in [0.1, 0.15) is 43.7 Å². The molecule has 2 aromatic rings. The zero-order chi connectivity index (χ0) is 15.5. The first-order valence-corrected chi connectivity index (χ1v) is 7.62. The predicted octanol–water partition coefficient (Wildman–Crippen LogP) is 2.91. The van der Waals surface area contributed by atoms with Gasteiger partial charge in [-0.25, -0.2) is 4.98 Å². The molecule has 0 saturated heterocycles. The van der Waals surface area contributed by atoms with E-state index in [1.807, 2.05) is 13.0 Å². The van der Waals surface area contributed by atoms with Crippen molar-refractivity contribution in [2.75, 3.05) is 17.2 Å². The number of nitrogens with zero attached hydrogens (tertiary/aromatic N) is 3. The number of anilines is 2. The van der Waals surface area contributed by atoms with Gasteiger partial charge in [-0.2, -0.15) is 0 Å². The molecule has 0 aliphatic rings. The largest absolute Gasteiger partial charge is 0.370 e. The lowest BCUT2D eigenvalue weighted by Crippen LogP contribution is -2.19. The van der Waals surface area contributed by atoms with Crippen molar-refractivity contribution in [2.45, 2.75) is 33.1 Å². The number of hydrogen-bond donors (Lipinski definition) is 2. The van der Waals surface area contributed by atoms with Crippen LogP contribution in [0.15, 0.2) is 17.6 Å². The molecule has 2 N–H and O–H groups in total. The van der Waals surface area contributed by atoms with Gasteiger partial charge in [0.15, 0.2) is 0 Å². The third-order valence-corrected chi connectivity index (χ3v) is 3.40. The first kappa shape index (κ1) is 15.4. The van der Waals surface area contributed by atoms with Crippen molar-refractivity contribution < 1.29 is 4.79 Å². The highest BCUT2D eigenvalue weighted by Crippen LogP contribution is 2.24. The molecule has 2 rings (SSSR count). The van der Waals surface area contributed by atoms with Gasteiger partial charge in [-0.15, -0.1) is 10.2 Å². The highest BCUT2D eigenvalue weighted by atomic mass is 32.1. The summed E-state index contributed by atoms with van der Waals surface area (Å²) in [4.78, 5) is 16.9. The molecule has 0 aliphatic heterocycles. The van der Waals surface area contributed by atoms with Crippen LogP contribution >= 0.6 is 11.3 Å². The number of carbonyl (C=O) groups excluding carboxylic acids is 1. The first-order valence-electron chi connectivity index (χ1n) is 6.74. The monoisotopic (exact) mass is 305 g/mol. The van der Waals surface area contributed by atoms with Crippen LogP contribution in [0.3, 0.4) is 0 Å². The van der Waals surface area contributed by atoms with Crippen LogP contribution in [0.2, 0.25) is 0 Å². The summed E-state index contributed by atoms with van der Waals surface area (Å²) in [5.74, 6) is 0.492. The molecule has 1 amide bonds. The average Bonchev–Trinajstić information content (AvgIpc) is 2.90. The molecular weight excluding hydrogens is 286 g/mol. The van der Waals surface area contributed by atoms with Gasteiger partial charge in [0.1, 0.15) is 11.3 Å². The number of pyridine rings is 1. The fourth-order valence-electron chi connectivity index (χ4n) is 1.71. The molecule has 0 saturated carbocycles. The quantitative estimate of drug-likeness (QED) is 0.908. The molecular formula is C14H19N5OS. The standard InChI is InChI=1S/C14H19N5OS/c1-5-15-11-7-9(6-10(17-11)14(2,3)4)12(20)18-13-19-16-8-21-13/h6-8H,5H2,1-4H3,(H,15,17)(H,18,19,20). The Labute approximate surface area is 128 Å². The summed E-state index contributed by atoms with van der Waals surface area (Å²) in [5.41, 5.74) is 2.86. The van der Waals surface area contributed by atoms with Crippen LogP contribution in [0, 0.1) is 0 Å². The topological polar surface area (TPSA) is 79.8 Å². The Balaban J connectivity index is 2.33. The minimum absolute atomic E-state index is 0.136. The minimum Gasteiger partial charge on any atom is -0.370 e. The van der Waals surface area contributed by atoms with Gasteiger partial charge in [0.05, 0.1) is 0 Å². The Bertz CT molecular complexity index is 619. The highest BCUT2D eigenvalue weighted by Gasteiger charge is 2.19. The van der Waals surface area contributed by atoms with E-state index in [4.69, 9.17) is 0 Å². The molecule has 0 aromatic carbocycles. The van der Waals surface area contributed by atoms with Crippen molar-refractivity contribution in [3.05, 3.63) is 28.9 Å². The SMILES string of the molecule is CCNc1cc(C(=O)Nc2nncs2)cc(C(C)(C)C)n1. The lowest BCUT2D eigenvalue weighted by Gasteiger charge is -2.20. The molecule has 0 unspecified atom stereocenters. The predicted molar refractivity (Wildman–Crippen MR) is 85.0 cm³/mol. The van der Waals surface area contributed by atoms with E-state index in [9.17, 15) is 4.79 Å². The van der Waals surface area contributed by atoms with Gasteiger partial charge < -0.3 is 5.32 Å². The summed E-state index contributed by atoms with van der Waals surface area (Å²) >= 11 is 1.28. The average molecular weight is 305 g/mol. The third-order valence-electron chi connectivity index (χ3n) is 2.79. The summed E-state index contributed by atoms with van der Waals surface area (Å²) in [7, 11) is 0. The van der Waals surface area contributed by atoms with E-state index < -0.39 is 0 Å². The van der Waals surface area contributed by atoms with Crippen molar-refractivity contribution in [3.8, 4) is 0 Å². The van der Waals surface area contributed by atoms with Gasteiger partial charge in [-0.3, -0.25) is 10.1 Å². The zero-order valence-electron chi connectivity index (χ0n) is 12.6. The van der Waals surface area contributed by atoms with Crippen LogP contribution in [0.5, 0.6) is 0 Å². The van der Waals surface area contributed by atoms with E-state index in [-0.39, 0.29) is 11.3 Å². The number of rotatable bonds is 4. The van der Waals surface area contributed by atoms with E-state index in [2.05, 4.69) is 46.6 Å². The second-order valence-electron chi connectivity index (χ2n) is 5.60. The molecule has 6 nitrogen and oxygen atoms in total. The maximum Gasteiger partial charge on any atom is 0.257 e. The highest BCUT2D eigenvalue weighted by molar-refractivity contribution is 7.13. The smallest absolute Gasteiger partial charge is 0.257 e. The van der Waals surface area contributed by atoms with E-state index in [1.165, 1.54) is 11.3 Å². The summed E-state index contributed by atoms with van der Waals surface area (Å²) in [5, 5.41) is 13.9. The molecule has 7 heteroatoms.